The lowest BCUT2D eigenvalue weighted by Gasteiger charge is -2.18. The van der Waals surface area contributed by atoms with E-state index in [1.807, 2.05) is 6.92 Å². The molecule has 0 aliphatic heterocycles. The molecule has 0 saturated carbocycles. The van der Waals surface area contributed by atoms with Gasteiger partial charge < -0.3 is 10.1 Å². The topological polar surface area (TPSA) is 21.3 Å². The minimum absolute atomic E-state index is 0.877. The fourth-order valence-corrected chi connectivity index (χ4v) is 7.08. The molecule has 0 radical (unpaired) electrons. The van der Waals surface area contributed by atoms with Crippen LogP contribution < -0.4 is 5.32 Å². The highest BCUT2D eigenvalue weighted by molar-refractivity contribution is 7.37. The maximum absolute atomic E-state index is 4.53. The minimum Gasteiger partial charge on any atom is -0.388 e. The Labute approximate surface area is 295 Å². The molecule has 0 aliphatic rings. The first-order valence-electron chi connectivity index (χ1n) is 20.1. The van der Waals surface area contributed by atoms with Gasteiger partial charge in [-0.2, -0.15) is 0 Å². The highest BCUT2D eigenvalue weighted by Gasteiger charge is 2.11. The number of unbranched alkanes of at least 4 members (excludes halogenated alkanes) is 19. The molecular formula is C43H88NOP. The van der Waals surface area contributed by atoms with Crippen LogP contribution in [0.4, 0.5) is 0 Å². The van der Waals surface area contributed by atoms with Crippen molar-refractivity contribution in [3.05, 3.63) is 37.0 Å². The molecule has 46 heavy (non-hydrogen) atoms. The van der Waals surface area contributed by atoms with Crippen molar-refractivity contribution < 1.29 is 4.74 Å². The zero-order valence-corrected chi connectivity index (χ0v) is 33.9. The third-order valence-corrected chi connectivity index (χ3v) is 10.0. The predicted octanol–water partition coefficient (Wildman–Crippen LogP) is 15.0. The first-order chi connectivity index (χ1) is 22.5. The van der Waals surface area contributed by atoms with Gasteiger partial charge in [0.2, 0.25) is 0 Å². The molecule has 276 valence electrons. The summed E-state index contributed by atoms with van der Waals surface area (Å²) < 4.78 is 4.25. The van der Waals surface area contributed by atoms with E-state index in [0.717, 1.165) is 14.5 Å². The van der Waals surface area contributed by atoms with Gasteiger partial charge in [-0.05, 0) is 77.4 Å². The summed E-state index contributed by atoms with van der Waals surface area (Å²) in [6, 6.07) is 0. The highest BCUT2D eigenvalue weighted by atomic mass is 31.1. The number of methoxy groups -OCH3 is 1. The van der Waals surface area contributed by atoms with Gasteiger partial charge in [-0.15, -0.1) is 15.2 Å². The van der Waals surface area contributed by atoms with E-state index in [1.54, 1.807) is 25.9 Å². The van der Waals surface area contributed by atoms with Gasteiger partial charge in [-0.1, -0.05) is 173 Å². The molecule has 0 aliphatic carbocycles. The number of nitrogens with one attached hydrogen (secondary N) is 1. The molecule has 3 heteroatoms. The van der Waals surface area contributed by atoms with Crippen LogP contribution in [0.15, 0.2) is 37.0 Å². The average Bonchev–Trinajstić information content (AvgIpc) is 3.03. The standard InChI is InChI=1S/C38H76NP.C3H6.C2H6O/c1-6-8-10-12-14-15-16-17-18-21-26-30-37(4)34-38(32-33-40-35-39-5)31-27-23-19-22-25-29-36(3)28-24-20-13-11-9-7-2;2*1-3-2/h38-40H,3-4,6-35H2,1-2,5H3;3H,1H2,2H3;1-2H3. The summed E-state index contributed by atoms with van der Waals surface area (Å²) in [6.07, 6.45) is 43.4. The molecule has 0 aromatic heterocycles. The maximum atomic E-state index is 4.53. The first kappa shape index (κ1) is 50.0. The fourth-order valence-electron chi connectivity index (χ4n) is 6.04. The van der Waals surface area contributed by atoms with Crippen molar-refractivity contribution in [2.75, 3.05) is 33.7 Å². The van der Waals surface area contributed by atoms with Crippen LogP contribution in [0.1, 0.15) is 201 Å². The fraction of sp³-hybridized carbons (Fsp3) is 0.860. The molecule has 1 N–H and O–H groups in total. The molecule has 0 bridgehead atoms. The van der Waals surface area contributed by atoms with Crippen molar-refractivity contribution in [3.63, 3.8) is 0 Å². The van der Waals surface area contributed by atoms with Crippen LogP contribution in [0, 0.1) is 5.92 Å². The van der Waals surface area contributed by atoms with Gasteiger partial charge in [0.1, 0.15) is 0 Å². The summed E-state index contributed by atoms with van der Waals surface area (Å²) in [7, 11) is 6.41. The zero-order chi connectivity index (χ0) is 34.8. The number of hydrogen-bond donors (Lipinski definition) is 1. The number of allylic oxidation sites excluding steroid dienone is 3. The number of rotatable bonds is 34. The van der Waals surface area contributed by atoms with Gasteiger partial charge in [-0.25, -0.2) is 0 Å². The predicted molar refractivity (Wildman–Crippen MR) is 218 cm³/mol. The maximum Gasteiger partial charge on any atom is 0.0351 e. The molecule has 0 spiro atoms. The quantitative estimate of drug-likeness (QED) is 0.0419. The van der Waals surface area contributed by atoms with E-state index >= 15 is 0 Å². The van der Waals surface area contributed by atoms with Crippen LogP contribution in [0.5, 0.6) is 0 Å². The second-order valence-electron chi connectivity index (χ2n) is 13.8. The van der Waals surface area contributed by atoms with E-state index in [9.17, 15) is 0 Å². The highest BCUT2D eigenvalue weighted by Crippen LogP contribution is 2.27. The Bertz CT molecular complexity index is 589. The molecule has 0 saturated heterocycles. The number of hydrogen-bond acceptors (Lipinski definition) is 2. The van der Waals surface area contributed by atoms with E-state index in [4.69, 9.17) is 0 Å². The van der Waals surface area contributed by atoms with Gasteiger partial charge in [-0.3, -0.25) is 0 Å². The molecule has 0 amide bonds. The van der Waals surface area contributed by atoms with Gasteiger partial charge in [0.15, 0.2) is 0 Å². The summed E-state index contributed by atoms with van der Waals surface area (Å²) in [5.41, 5.74) is 3.05. The Hall–Kier alpha value is -0.430. The minimum atomic E-state index is 0.877. The van der Waals surface area contributed by atoms with E-state index in [0.29, 0.717) is 0 Å². The Morgan fingerprint density at radius 3 is 1.35 bits per heavy atom. The van der Waals surface area contributed by atoms with Crippen LogP contribution in [0.25, 0.3) is 0 Å². The normalized spacial score (nSPS) is 11.5. The molecular weight excluding hydrogens is 577 g/mol. The van der Waals surface area contributed by atoms with Crippen molar-refractivity contribution in [3.8, 4) is 0 Å². The van der Waals surface area contributed by atoms with Gasteiger partial charge in [0, 0.05) is 20.5 Å². The Morgan fingerprint density at radius 2 is 0.957 bits per heavy atom. The molecule has 0 aromatic carbocycles. The summed E-state index contributed by atoms with van der Waals surface area (Å²) >= 11 is 0. The molecule has 2 unspecified atom stereocenters. The summed E-state index contributed by atoms with van der Waals surface area (Å²) in [5.74, 6) is 0.877. The Kier molecular flexibility index (Phi) is 50.7. The lowest BCUT2D eigenvalue weighted by molar-refractivity contribution is 0.277. The summed E-state index contributed by atoms with van der Waals surface area (Å²) in [4.78, 5) is 0. The van der Waals surface area contributed by atoms with Gasteiger partial charge >= 0.3 is 0 Å². The number of ether oxygens (including phenoxy) is 1. The van der Waals surface area contributed by atoms with Crippen LogP contribution in [0.2, 0.25) is 0 Å². The molecule has 0 rings (SSSR count). The Morgan fingerprint density at radius 1 is 0.609 bits per heavy atom. The van der Waals surface area contributed by atoms with Crippen LogP contribution in [0.3, 0.4) is 0 Å². The second kappa shape index (κ2) is 46.7. The van der Waals surface area contributed by atoms with Crippen LogP contribution in [-0.2, 0) is 4.74 Å². The van der Waals surface area contributed by atoms with E-state index < -0.39 is 0 Å². The van der Waals surface area contributed by atoms with Crippen LogP contribution >= 0.6 is 8.58 Å². The smallest absolute Gasteiger partial charge is 0.0351 e. The molecule has 0 aromatic rings. The van der Waals surface area contributed by atoms with Crippen molar-refractivity contribution in [2.45, 2.75) is 201 Å². The van der Waals surface area contributed by atoms with Crippen LogP contribution in [-0.4, -0.2) is 33.7 Å². The first-order valence-corrected chi connectivity index (χ1v) is 21.5. The van der Waals surface area contributed by atoms with E-state index in [1.165, 1.54) is 198 Å². The lowest BCUT2D eigenvalue weighted by atomic mass is 9.90. The van der Waals surface area contributed by atoms with Crippen molar-refractivity contribution in [1.82, 2.24) is 5.32 Å². The van der Waals surface area contributed by atoms with Crippen molar-refractivity contribution >= 4 is 8.58 Å². The third-order valence-electron chi connectivity index (χ3n) is 8.77. The second-order valence-corrected chi connectivity index (χ2v) is 15.2. The summed E-state index contributed by atoms with van der Waals surface area (Å²) in [6.45, 7) is 18.7. The van der Waals surface area contributed by atoms with Gasteiger partial charge in [0.05, 0.1) is 0 Å². The van der Waals surface area contributed by atoms with E-state index in [-0.39, 0.29) is 0 Å². The molecule has 0 fully saturated rings. The average molecular weight is 666 g/mol. The molecule has 2 atom stereocenters. The Balaban J connectivity index is -0.00000283. The third kappa shape index (κ3) is 48.0. The van der Waals surface area contributed by atoms with E-state index in [2.05, 4.69) is 50.7 Å². The lowest BCUT2D eigenvalue weighted by Crippen LogP contribution is -2.07. The molecule has 2 nitrogen and oxygen atoms in total. The molecule has 0 heterocycles. The summed E-state index contributed by atoms with van der Waals surface area (Å²) in [5, 5.41) is 3.34. The largest absolute Gasteiger partial charge is 0.388 e. The monoisotopic (exact) mass is 666 g/mol. The zero-order valence-electron chi connectivity index (χ0n) is 32.9. The van der Waals surface area contributed by atoms with Gasteiger partial charge in [0.25, 0.3) is 0 Å². The SMILES string of the molecule is C=C(CCCCCCCC)CCCCCCCC(CCPCNC)CC(=C)CCCCCCCCCCCCC.C=CC.COC. The van der Waals surface area contributed by atoms with Crippen molar-refractivity contribution in [2.24, 2.45) is 5.92 Å². The van der Waals surface area contributed by atoms with Crippen molar-refractivity contribution in [1.29, 1.82) is 0 Å².